The van der Waals surface area contributed by atoms with E-state index < -0.39 is 11.2 Å². The number of amides is 1. The SMILES string of the molecule is CC(C)C[C@@H]1CCCCN1C(=O)c1[nH]c(=O)[nH]c(=O)c1N. The summed E-state index contributed by atoms with van der Waals surface area (Å²) in [5.74, 6) is 0.111. The van der Waals surface area contributed by atoms with Crippen LogP contribution in [0.3, 0.4) is 0 Å². The van der Waals surface area contributed by atoms with Crippen LogP contribution in [0.4, 0.5) is 5.69 Å². The van der Waals surface area contributed by atoms with E-state index >= 15 is 0 Å². The number of carbonyl (C=O) groups excluding carboxylic acids is 1. The summed E-state index contributed by atoms with van der Waals surface area (Å²) in [6, 6.07) is 0.133. The second-order valence-electron chi connectivity index (χ2n) is 5.97. The number of anilines is 1. The van der Waals surface area contributed by atoms with E-state index in [1.807, 2.05) is 4.98 Å². The number of hydrogen-bond donors (Lipinski definition) is 3. The summed E-state index contributed by atoms with van der Waals surface area (Å²) in [7, 11) is 0. The van der Waals surface area contributed by atoms with E-state index in [0.29, 0.717) is 12.5 Å². The molecule has 1 fully saturated rings. The number of rotatable bonds is 3. The van der Waals surface area contributed by atoms with Crippen LogP contribution in [-0.2, 0) is 0 Å². The molecule has 1 saturated heterocycles. The van der Waals surface area contributed by atoms with Crippen LogP contribution in [0.5, 0.6) is 0 Å². The zero-order chi connectivity index (χ0) is 15.6. The summed E-state index contributed by atoms with van der Waals surface area (Å²) in [6.45, 7) is 4.85. The summed E-state index contributed by atoms with van der Waals surface area (Å²) >= 11 is 0. The number of piperidine rings is 1. The average Bonchev–Trinajstić information content (AvgIpc) is 2.42. The predicted octanol–water partition coefficient (Wildman–Crippen LogP) is 0.686. The van der Waals surface area contributed by atoms with Gasteiger partial charge < -0.3 is 15.6 Å². The van der Waals surface area contributed by atoms with Crippen molar-refractivity contribution < 1.29 is 4.79 Å². The summed E-state index contributed by atoms with van der Waals surface area (Å²) in [5, 5.41) is 0. The molecular weight excluding hydrogens is 272 g/mol. The van der Waals surface area contributed by atoms with Gasteiger partial charge in [-0.2, -0.15) is 0 Å². The Balaban J connectivity index is 2.33. The van der Waals surface area contributed by atoms with E-state index in [9.17, 15) is 14.4 Å². The topological polar surface area (TPSA) is 112 Å². The van der Waals surface area contributed by atoms with Gasteiger partial charge in [0.2, 0.25) is 0 Å². The third-order valence-corrected chi connectivity index (χ3v) is 3.82. The Kier molecular flexibility index (Phi) is 4.50. The van der Waals surface area contributed by atoms with Gasteiger partial charge in [0.25, 0.3) is 11.5 Å². The second-order valence-corrected chi connectivity index (χ2v) is 5.97. The standard InChI is InChI=1S/C14H22N4O3/c1-8(2)7-9-5-3-4-6-18(9)13(20)11-10(15)12(19)17-14(21)16-11/h8-9H,3-7,15H2,1-2H3,(H2,16,17,19,21)/t9-/m0/s1. The predicted molar refractivity (Wildman–Crippen MR) is 80.2 cm³/mol. The first-order chi connectivity index (χ1) is 9.90. The number of nitrogens with zero attached hydrogens (tertiary/aromatic N) is 1. The maximum atomic E-state index is 12.6. The third-order valence-electron chi connectivity index (χ3n) is 3.82. The zero-order valence-electron chi connectivity index (χ0n) is 12.4. The van der Waals surface area contributed by atoms with Gasteiger partial charge in [-0.05, 0) is 31.6 Å². The zero-order valence-corrected chi connectivity index (χ0v) is 12.4. The lowest BCUT2D eigenvalue weighted by molar-refractivity contribution is 0.0578. The third kappa shape index (κ3) is 3.34. The van der Waals surface area contributed by atoms with Crippen molar-refractivity contribution in [2.75, 3.05) is 12.3 Å². The highest BCUT2D eigenvalue weighted by atomic mass is 16.2. The molecule has 0 radical (unpaired) electrons. The number of nitrogens with two attached hydrogens (primary N) is 1. The molecule has 0 saturated carbocycles. The Labute approximate surface area is 122 Å². The quantitative estimate of drug-likeness (QED) is 0.761. The number of carbonyl (C=O) groups is 1. The van der Waals surface area contributed by atoms with E-state index in [4.69, 9.17) is 5.73 Å². The number of nitrogen functional groups attached to an aromatic ring is 1. The maximum absolute atomic E-state index is 12.6. The van der Waals surface area contributed by atoms with E-state index in [1.165, 1.54) is 0 Å². The largest absolute Gasteiger partial charge is 0.392 e. The number of likely N-dealkylation sites (tertiary alicyclic amines) is 1. The minimum Gasteiger partial charge on any atom is -0.392 e. The first kappa shape index (κ1) is 15.3. The van der Waals surface area contributed by atoms with Gasteiger partial charge in [0.05, 0.1) is 0 Å². The van der Waals surface area contributed by atoms with Crippen LogP contribution in [0, 0.1) is 5.92 Å². The highest BCUT2D eigenvalue weighted by molar-refractivity contribution is 5.97. The van der Waals surface area contributed by atoms with Crippen LogP contribution >= 0.6 is 0 Å². The van der Waals surface area contributed by atoms with E-state index in [0.717, 1.165) is 25.7 Å². The van der Waals surface area contributed by atoms with Gasteiger partial charge in [-0.1, -0.05) is 13.8 Å². The summed E-state index contributed by atoms with van der Waals surface area (Å²) in [6.07, 6.45) is 3.85. The summed E-state index contributed by atoms with van der Waals surface area (Å²) in [4.78, 5) is 41.7. The number of aromatic amines is 2. The molecule has 0 bridgehead atoms. The fraction of sp³-hybridized carbons (Fsp3) is 0.643. The van der Waals surface area contributed by atoms with Gasteiger partial charge in [-0.3, -0.25) is 14.6 Å². The Bertz CT molecular complexity index is 632. The molecule has 7 heteroatoms. The molecule has 21 heavy (non-hydrogen) atoms. The van der Waals surface area contributed by atoms with Crippen LogP contribution in [0.25, 0.3) is 0 Å². The second kappa shape index (κ2) is 6.15. The highest BCUT2D eigenvalue weighted by Gasteiger charge is 2.30. The van der Waals surface area contributed by atoms with Gasteiger partial charge in [-0.15, -0.1) is 0 Å². The molecule has 2 heterocycles. The van der Waals surface area contributed by atoms with Crippen LogP contribution in [0.1, 0.15) is 50.0 Å². The smallest absolute Gasteiger partial charge is 0.326 e. The summed E-state index contributed by atoms with van der Waals surface area (Å²) in [5.41, 5.74) is 3.88. The van der Waals surface area contributed by atoms with Crippen molar-refractivity contribution in [3.63, 3.8) is 0 Å². The Morgan fingerprint density at radius 1 is 1.33 bits per heavy atom. The van der Waals surface area contributed by atoms with Gasteiger partial charge >= 0.3 is 5.69 Å². The van der Waals surface area contributed by atoms with Crippen molar-refractivity contribution in [3.8, 4) is 0 Å². The molecule has 1 atom stereocenters. The van der Waals surface area contributed by atoms with Crippen molar-refractivity contribution in [2.45, 2.75) is 45.6 Å². The molecule has 0 unspecified atom stereocenters. The van der Waals surface area contributed by atoms with Crippen molar-refractivity contribution in [1.29, 1.82) is 0 Å². The molecule has 1 aliphatic heterocycles. The number of hydrogen-bond acceptors (Lipinski definition) is 4. The number of H-pyrrole nitrogens is 2. The van der Waals surface area contributed by atoms with Gasteiger partial charge in [0.15, 0.2) is 0 Å². The molecule has 0 spiro atoms. The van der Waals surface area contributed by atoms with Crippen LogP contribution in [0.15, 0.2) is 9.59 Å². The Hall–Kier alpha value is -2.05. The maximum Gasteiger partial charge on any atom is 0.326 e. The number of aromatic nitrogens is 2. The van der Waals surface area contributed by atoms with Gasteiger partial charge in [0, 0.05) is 12.6 Å². The Morgan fingerprint density at radius 3 is 2.71 bits per heavy atom. The fourth-order valence-electron chi connectivity index (χ4n) is 2.87. The first-order valence-corrected chi connectivity index (χ1v) is 7.33. The number of nitrogens with one attached hydrogen (secondary N) is 2. The molecule has 1 amide bonds. The minimum absolute atomic E-state index is 0.0978. The van der Waals surface area contributed by atoms with Crippen LogP contribution in [0.2, 0.25) is 0 Å². The van der Waals surface area contributed by atoms with Crippen LogP contribution < -0.4 is 17.0 Å². The minimum atomic E-state index is -0.723. The normalized spacial score (nSPS) is 19.0. The molecule has 1 aromatic heterocycles. The molecule has 4 N–H and O–H groups in total. The van der Waals surface area contributed by atoms with E-state index in [1.54, 1.807) is 4.90 Å². The molecule has 7 nitrogen and oxygen atoms in total. The van der Waals surface area contributed by atoms with E-state index in [-0.39, 0.29) is 23.3 Å². The lowest BCUT2D eigenvalue weighted by Gasteiger charge is -2.36. The van der Waals surface area contributed by atoms with Gasteiger partial charge in [0.1, 0.15) is 11.4 Å². The molecule has 1 aromatic rings. The van der Waals surface area contributed by atoms with Crippen molar-refractivity contribution >= 4 is 11.6 Å². The molecule has 2 rings (SSSR count). The lowest BCUT2D eigenvalue weighted by Crippen LogP contribution is -2.46. The molecule has 0 aromatic carbocycles. The summed E-state index contributed by atoms with van der Waals surface area (Å²) < 4.78 is 0. The van der Waals surface area contributed by atoms with Gasteiger partial charge in [-0.25, -0.2) is 4.79 Å². The lowest BCUT2D eigenvalue weighted by atomic mass is 9.93. The molecule has 116 valence electrons. The van der Waals surface area contributed by atoms with Crippen LogP contribution in [-0.4, -0.2) is 33.4 Å². The van der Waals surface area contributed by atoms with Crippen molar-refractivity contribution in [1.82, 2.24) is 14.9 Å². The highest BCUT2D eigenvalue weighted by Crippen LogP contribution is 2.24. The van der Waals surface area contributed by atoms with E-state index in [2.05, 4.69) is 18.8 Å². The molecule has 0 aliphatic carbocycles. The molecule has 1 aliphatic rings. The molecular formula is C14H22N4O3. The van der Waals surface area contributed by atoms with Crippen molar-refractivity contribution in [3.05, 3.63) is 26.5 Å². The average molecular weight is 294 g/mol. The fourth-order valence-corrected chi connectivity index (χ4v) is 2.87. The Morgan fingerprint density at radius 2 is 2.05 bits per heavy atom. The first-order valence-electron chi connectivity index (χ1n) is 7.33. The monoisotopic (exact) mass is 294 g/mol. The van der Waals surface area contributed by atoms with Crippen molar-refractivity contribution in [2.24, 2.45) is 5.92 Å².